The van der Waals surface area contributed by atoms with Gasteiger partial charge in [0.1, 0.15) is 139 Å². The van der Waals surface area contributed by atoms with Gasteiger partial charge in [-0.05, 0) is 130 Å². The fraction of sp³-hybridized carbons (Fsp3) is 0.926. The molecule has 0 radical (unpaired) electrons. The Morgan fingerprint density at radius 2 is 1.07 bits per heavy atom. The van der Waals surface area contributed by atoms with Crippen molar-refractivity contribution in [2.75, 3.05) is 33.0 Å². The molecule has 120 heavy (non-hydrogen) atoms. The summed E-state index contributed by atoms with van der Waals surface area (Å²) in [5.41, 5.74) is -6.14. The third-order valence-corrected chi connectivity index (χ3v) is 30.1. The first-order valence-electron chi connectivity index (χ1n) is 42.2. The van der Waals surface area contributed by atoms with Gasteiger partial charge in [-0.2, -0.15) is 0 Å². The first kappa shape index (κ1) is 94.5. The number of esters is 1. The van der Waals surface area contributed by atoms with Crippen molar-refractivity contribution in [3.05, 3.63) is 24.0 Å². The number of fused-ring (bicyclic) bond motifs is 7. The fourth-order valence-corrected chi connectivity index (χ4v) is 22.2. The van der Waals surface area contributed by atoms with Crippen LogP contribution in [-0.4, -0.2) is 380 Å². The second-order valence-electron chi connectivity index (χ2n) is 38.3. The molecule has 39 nitrogen and oxygen atoms in total. The van der Waals surface area contributed by atoms with E-state index in [4.69, 9.17) is 80.5 Å². The molecule has 0 aromatic rings. The Morgan fingerprint density at radius 1 is 0.517 bits per heavy atom. The lowest BCUT2D eigenvalue weighted by molar-refractivity contribution is -0.392. The third kappa shape index (κ3) is 16.7. The van der Waals surface area contributed by atoms with Crippen molar-refractivity contribution in [1.29, 1.82) is 0 Å². The molecule has 5 aliphatic carbocycles. The molecule has 13 rings (SSSR count). The Labute approximate surface area is 695 Å². The molecular weight excluding hydrogens is 1600 g/mol. The normalized spacial score (nSPS) is 52.9. The van der Waals surface area contributed by atoms with Gasteiger partial charge in [0.25, 0.3) is 0 Å². The minimum absolute atomic E-state index is 0.0563. The number of aliphatic hydroxyl groups excluding tert-OH is 18. The Morgan fingerprint density at radius 3 is 1.71 bits per heavy atom. The quantitative estimate of drug-likeness (QED) is 0.0200. The number of aliphatic carboxylic acids is 1. The van der Waals surface area contributed by atoms with Crippen molar-refractivity contribution in [3.63, 3.8) is 0 Å². The van der Waals surface area contributed by atoms with Gasteiger partial charge in [-0.3, -0.25) is 4.79 Å². The SMILES string of the molecule is C=C(O[C@@H]1C(C)O[C@@H](OC(=O)[C@]23CCC(C)(C)CC2C2=CCC4[C@@]5(C)CC[C@H](O[C@@H]6OC(C(=O)O)[C@@H](O)[C@H](O[C@@H]7OC[C@@H](O)[C@H](O)C7O)C6O[C@@H]6OC(CO)[C@H](O)[C@H](O)C6O)C(C)(C)C5CC[C@@]4(C)[C@]2(C)C[C@H]3O)[C@H](O[C@@H]2OC(C)[C@H](O[C@@H]3OCC(O)[C@H](O[C@@H]4OC[C@](O)(CO)C4O)C3O)C(O)[C@@H]2O)C1O[C@@H]1OC(C)[C@@H](O)[C@H](O)C1O)[C@@H](C)CC. The van der Waals surface area contributed by atoms with Crippen LogP contribution in [0.5, 0.6) is 0 Å². The zero-order valence-electron chi connectivity index (χ0n) is 69.8. The molecule has 8 heterocycles. The first-order chi connectivity index (χ1) is 56.2. The summed E-state index contributed by atoms with van der Waals surface area (Å²) in [5.74, 6) is -3.67. The summed E-state index contributed by atoms with van der Waals surface area (Å²) in [7, 11) is 0. The number of aliphatic hydroxyl groups is 19. The summed E-state index contributed by atoms with van der Waals surface area (Å²) < 4.78 is 106. The molecular formula is C81H130O39. The van der Waals surface area contributed by atoms with Crippen molar-refractivity contribution in [3.8, 4) is 0 Å². The molecule has 46 atom stereocenters. The topological polar surface area (TPSA) is 596 Å². The predicted molar refractivity (Wildman–Crippen MR) is 401 cm³/mol. The molecule has 0 bridgehead atoms. The minimum atomic E-state index is -2.17. The van der Waals surface area contributed by atoms with E-state index >= 15 is 4.79 Å². The van der Waals surface area contributed by atoms with Gasteiger partial charge in [-0.15, -0.1) is 0 Å². The van der Waals surface area contributed by atoms with Crippen LogP contribution >= 0.6 is 0 Å². The van der Waals surface area contributed by atoms with Crippen LogP contribution in [0.25, 0.3) is 0 Å². The smallest absolute Gasteiger partial charge is 0.335 e. The van der Waals surface area contributed by atoms with Crippen molar-refractivity contribution >= 4 is 11.9 Å². The molecule has 4 saturated carbocycles. The zero-order valence-corrected chi connectivity index (χ0v) is 69.8. The molecule has 0 aromatic heterocycles. The molecule has 13 aliphatic rings. The fourth-order valence-electron chi connectivity index (χ4n) is 22.2. The monoisotopic (exact) mass is 1730 g/mol. The van der Waals surface area contributed by atoms with Gasteiger partial charge in [0, 0.05) is 5.92 Å². The van der Waals surface area contributed by atoms with E-state index < -0.39 is 316 Å². The predicted octanol–water partition coefficient (Wildman–Crippen LogP) is -4.09. The summed E-state index contributed by atoms with van der Waals surface area (Å²) in [4.78, 5) is 29.7. The lowest BCUT2D eigenvalue weighted by Gasteiger charge is -2.72. The maximum atomic E-state index is 16.5. The highest BCUT2D eigenvalue weighted by molar-refractivity contribution is 5.80. The van der Waals surface area contributed by atoms with E-state index in [9.17, 15) is 107 Å². The van der Waals surface area contributed by atoms with Crippen LogP contribution in [0, 0.1) is 56.2 Å². The van der Waals surface area contributed by atoms with Crippen molar-refractivity contribution in [2.45, 2.75) is 380 Å². The number of allylic oxidation sites excluding steroid dienone is 3. The van der Waals surface area contributed by atoms with Gasteiger partial charge < -0.3 is 183 Å². The Hall–Kier alpha value is -3.14. The van der Waals surface area contributed by atoms with Crippen LogP contribution < -0.4 is 0 Å². The van der Waals surface area contributed by atoms with Crippen molar-refractivity contribution < 1.29 is 192 Å². The van der Waals surface area contributed by atoms with Gasteiger partial charge in [0.05, 0.1) is 69.3 Å². The Bertz CT molecular complexity index is 3560. The number of rotatable bonds is 23. The Balaban J connectivity index is 0.793. The lowest BCUT2D eigenvalue weighted by Crippen LogP contribution is -2.69. The average molecular weight is 1730 g/mol. The van der Waals surface area contributed by atoms with E-state index in [1.807, 2.05) is 27.7 Å². The van der Waals surface area contributed by atoms with Crippen LogP contribution in [0.4, 0.5) is 0 Å². The standard InChI is InChI=1S/C81H130O39/c1-14-30(2)31(3)107-57-34(6)110-71(63(61(57)117-68-51(94)47(90)44(87)32(4)108-68)119-69-53(96)49(92)56(33(5)109-69)113-67-55(98)58(38(85)27-105-67)114-73-64(99)80(103,28-83)29-106-73)120-74(102)81-22-21-75(7,8)23-36(81)35-15-16-41-77(11)19-18-43(76(9,10)40(77)17-20-78(41,12)79(35,13)24-42(81)86)112-72-62(118-70-52(95)48(91)46(89)39(25-82)111-70)59(54(97)60(116-72)65(100)101)115-66-50(93)45(88)37(84)26-104-66/h15,30,32-34,36-64,66-73,82-99,103H,3,14,16-29H2,1-2,4-13H3,(H,100,101)/t30-,32?,33?,34?,36?,37+,38?,39?,40?,41?,42+,43-,44+,45-,46-,47-,48-,49?,50?,51?,52?,53-,54-,55?,56-,57+,58-,59-,60?,61?,62?,63+,64?,66-,67-,68-,69-,70-,71-,72+,73-,77-,78+,79+,80+,81+/m0/s1. The third-order valence-electron chi connectivity index (χ3n) is 30.1. The van der Waals surface area contributed by atoms with Crippen LogP contribution in [0.2, 0.25) is 0 Å². The van der Waals surface area contributed by atoms with Gasteiger partial charge in [-0.1, -0.05) is 80.5 Å². The minimum Gasteiger partial charge on any atom is -0.490 e. The molecule has 0 amide bonds. The number of hydrogen-bond donors (Lipinski definition) is 20. The van der Waals surface area contributed by atoms with Crippen LogP contribution in [-0.2, 0) is 90.1 Å². The largest absolute Gasteiger partial charge is 0.490 e. The number of carboxylic acids is 1. The average Bonchev–Trinajstić information content (AvgIpc) is 0.680. The Kier molecular flexibility index (Phi) is 28.1. The van der Waals surface area contributed by atoms with Gasteiger partial charge in [0.2, 0.25) is 6.29 Å². The van der Waals surface area contributed by atoms with Crippen molar-refractivity contribution in [2.24, 2.45) is 56.2 Å². The molecule has 8 aliphatic heterocycles. The van der Waals surface area contributed by atoms with Crippen molar-refractivity contribution in [1.82, 2.24) is 0 Å². The molecule has 8 saturated heterocycles. The van der Waals surface area contributed by atoms with Crippen LogP contribution in [0.3, 0.4) is 0 Å². The van der Waals surface area contributed by atoms with E-state index in [1.54, 1.807) is 6.92 Å². The molecule has 39 heteroatoms. The van der Waals surface area contributed by atoms with E-state index in [1.165, 1.54) is 13.8 Å². The summed E-state index contributed by atoms with van der Waals surface area (Å²) in [6, 6.07) is 0. The van der Waals surface area contributed by atoms with Gasteiger partial charge in [0.15, 0.2) is 62.3 Å². The van der Waals surface area contributed by atoms with Crippen LogP contribution in [0.1, 0.15) is 147 Å². The van der Waals surface area contributed by atoms with Crippen LogP contribution in [0.15, 0.2) is 24.0 Å². The van der Waals surface area contributed by atoms with E-state index in [2.05, 4.69) is 47.3 Å². The molecule has 688 valence electrons. The van der Waals surface area contributed by atoms with E-state index in [-0.39, 0.29) is 42.8 Å². The molecule has 20 N–H and O–H groups in total. The number of carbonyl (C=O) groups is 2. The number of ether oxygens (including phenoxy) is 17. The van der Waals surface area contributed by atoms with Gasteiger partial charge >= 0.3 is 11.9 Å². The van der Waals surface area contributed by atoms with Gasteiger partial charge in [-0.25, -0.2) is 4.79 Å². The second kappa shape index (κ2) is 35.7. The highest BCUT2D eigenvalue weighted by Gasteiger charge is 2.73. The molecule has 0 aromatic carbocycles. The maximum absolute atomic E-state index is 16.5. The lowest BCUT2D eigenvalue weighted by atomic mass is 9.33. The second-order valence-corrected chi connectivity index (χ2v) is 38.3. The zero-order chi connectivity index (χ0) is 87.8. The maximum Gasteiger partial charge on any atom is 0.335 e. The molecule has 0 spiro atoms. The number of carboxylic acid groups (broad SMARTS) is 1. The highest BCUT2D eigenvalue weighted by atomic mass is 16.8. The number of carbonyl (C=O) groups excluding carboxylic acids is 1. The first-order valence-corrected chi connectivity index (χ1v) is 42.2. The molecule has 17 unspecified atom stereocenters. The highest BCUT2D eigenvalue weighted by Crippen LogP contribution is 2.76. The summed E-state index contributed by atoms with van der Waals surface area (Å²) in [5, 5.41) is 224. The summed E-state index contributed by atoms with van der Waals surface area (Å²) in [6.07, 6.45) is -58.1. The molecule has 12 fully saturated rings. The van der Waals surface area contributed by atoms with E-state index in [0.717, 1.165) is 5.57 Å². The summed E-state index contributed by atoms with van der Waals surface area (Å²) in [6.45, 7) is 23.8. The summed E-state index contributed by atoms with van der Waals surface area (Å²) >= 11 is 0. The number of hydrogen-bond acceptors (Lipinski definition) is 38. The van der Waals surface area contributed by atoms with E-state index in [0.29, 0.717) is 44.9 Å².